The number of para-hydroxylation sites is 1. The molecule has 15 nitrogen and oxygen atoms in total. The summed E-state index contributed by atoms with van der Waals surface area (Å²) in [6, 6.07) is 32.6. The first-order valence-corrected chi connectivity index (χ1v) is 23.9. The Bertz CT molecular complexity index is 2370. The number of benzene rings is 4. The van der Waals surface area contributed by atoms with Crippen LogP contribution in [-0.2, 0) is 37.8 Å². The molecule has 0 aliphatic carbocycles. The summed E-state index contributed by atoms with van der Waals surface area (Å²) < 4.78 is 19.7. The molecule has 4 aromatic carbocycles. The number of hydrogen-bond donors (Lipinski definition) is 6. The molecule has 5 aromatic rings. The molecule has 62 heavy (non-hydrogen) atoms. The molecule has 1 aromatic heterocycles. The predicted octanol–water partition coefficient (Wildman–Crippen LogP) is 3.00. The summed E-state index contributed by atoms with van der Waals surface area (Å²) in [5, 5.41) is 63.1. The summed E-state index contributed by atoms with van der Waals surface area (Å²) in [5.41, 5.74) is 3.03. The first-order chi connectivity index (χ1) is 29.8. The van der Waals surface area contributed by atoms with Gasteiger partial charge < -0.3 is 50.0 Å². The molecule has 2 amide bonds. The van der Waals surface area contributed by atoms with Gasteiger partial charge in [-0.1, -0.05) is 103 Å². The largest absolute Gasteiger partial charge is 0.497 e. The third-order valence-electron chi connectivity index (χ3n) is 13.1. The van der Waals surface area contributed by atoms with Gasteiger partial charge in [-0.3, -0.25) is 14.3 Å². The minimum atomic E-state index is -2.43. The monoisotopic (exact) mass is 863 g/mol. The van der Waals surface area contributed by atoms with Crippen molar-refractivity contribution in [2.75, 3.05) is 23.9 Å². The van der Waals surface area contributed by atoms with E-state index in [4.69, 9.17) is 14.2 Å². The number of nitrogens with one attached hydrogen (secondary N) is 1. The van der Waals surface area contributed by atoms with Crippen LogP contribution >= 0.6 is 0 Å². The van der Waals surface area contributed by atoms with Crippen molar-refractivity contribution in [2.45, 2.75) is 93.4 Å². The number of nitrogens with zero attached hydrogens (tertiary/aromatic N) is 4. The van der Waals surface area contributed by atoms with E-state index in [0.717, 1.165) is 28.1 Å². The van der Waals surface area contributed by atoms with Crippen LogP contribution in [0.5, 0.6) is 5.75 Å². The highest BCUT2D eigenvalue weighted by atomic mass is 28.3. The van der Waals surface area contributed by atoms with Crippen LogP contribution in [0.3, 0.4) is 0 Å². The molecule has 0 radical (unpaired) electrons. The van der Waals surface area contributed by atoms with Gasteiger partial charge in [-0.05, 0) is 53.4 Å². The lowest BCUT2D eigenvalue weighted by atomic mass is 9.82. The molecule has 8 rings (SSSR count). The quantitative estimate of drug-likeness (QED) is 0.0945. The van der Waals surface area contributed by atoms with Gasteiger partial charge in [0.2, 0.25) is 0 Å². The van der Waals surface area contributed by atoms with Gasteiger partial charge in [0.15, 0.2) is 18.0 Å². The molecule has 16 heteroatoms. The van der Waals surface area contributed by atoms with Crippen molar-refractivity contribution >= 4 is 36.4 Å². The molecule has 0 bridgehead atoms. The lowest BCUT2D eigenvalue weighted by molar-refractivity contribution is -0.274. The van der Waals surface area contributed by atoms with Crippen molar-refractivity contribution < 1.29 is 49.3 Å². The number of aliphatic hydroxyl groups excluding tert-OH is 5. The van der Waals surface area contributed by atoms with Crippen molar-refractivity contribution in [2.24, 2.45) is 5.92 Å². The van der Waals surface area contributed by atoms with Crippen LogP contribution in [0.2, 0.25) is 18.6 Å². The van der Waals surface area contributed by atoms with Gasteiger partial charge in [-0.2, -0.15) is 0 Å². The molecule has 2 fully saturated rings. The fourth-order valence-corrected chi connectivity index (χ4v) is 13.8. The zero-order chi connectivity index (χ0) is 43.9. The molecule has 326 valence electrons. The van der Waals surface area contributed by atoms with Gasteiger partial charge in [0.25, 0.3) is 11.8 Å². The molecule has 1 unspecified atom stereocenters. The van der Waals surface area contributed by atoms with Crippen LogP contribution in [0.25, 0.3) is 0 Å². The molecule has 6 N–H and O–H groups in total. The smallest absolute Gasteiger partial charge is 0.264 e. The van der Waals surface area contributed by atoms with E-state index in [1.165, 1.54) is 5.19 Å². The van der Waals surface area contributed by atoms with Gasteiger partial charge >= 0.3 is 0 Å². The van der Waals surface area contributed by atoms with Crippen LogP contribution in [0, 0.1) is 5.92 Å². The molecule has 0 saturated carbocycles. The maximum Gasteiger partial charge on any atom is 0.264 e. The Labute approximate surface area is 360 Å². The number of methoxy groups -OCH3 is 1. The molecule has 4 heterocycles. The summed E-state index contributed by atoms with van der Waals surface area (Å²) in [5.74, 6) is -0.750. The fraction of sp³-hybridized carbons (Fsp3) is 0.391. The van der Waals surface area contributed by atoms with Crippen molar-refractivity contribution in [3.05, 3.63) is 132 Å². The van der Waals surface area contributed by atoms with Crippen LogP contribution < -0.4 is 20.1 Å². The number of hydrogen-bond acceptors (Lipinski definition) is 12. The number of rotatable bonds is 13. The van der Waals surface area contributed by atoms with E-state index >= 15 is 4.79 Å². The Kier molecular flexibility index (Phi) is 12.2. The average Bonchev–Trinajstić information content (AvgIpc) is 3.94. The Balaban J connectivity index is 1.06. The summed E-state index contributed by atoms with van der Waals surface area (Å²) in [6.07, 6.45) is -6.66. The zero-order valence-corrected chi connectivity index (χ0v) is 36.0. The Morgan fingerprint density at radius 1 is 0.919 bits per heavy atom. The highest BCUT2D eigenvalue weighted by Crippen LogP contribution is 2.60. The second-order valence-electron chi connectivity index (χ2n) is 17.0. The minimum Gasteiger partial charge on any atom is -0.497 e. The first kappa shape index (κ1) is 43.3. The van der Waals surface area contributed by atoms with Crippen LogP contribution in [0.4, 0.5) is 11.4 Å². The van der Waals surface area contributed by atoms with E-state index in [1.54, 1.807) is 41.0 Å². The molecular formula is C46H53N5O10Si. The van der Waals surface area contributed by atoms with E-state index in [2.05, 4.69) is 47.8 Å². The van der Waals surface area contributed by atoms with Crippen molar-refractivity contribution in [3.8, 4) is 5.75 Å². The van der Waals surface area contributed by atoms with Crippen LogP contribution in [-0.4, -0.2) is 111 Å². The number of carbonyl (C=O) groups excluding carboxylic acids is 2. The summed E-state index contributed by atoms with van der Waals surface area (Å²) in [4.78, 5) is 30.0. The van der Waals surface area contributed by atoms with E-state index < -0.39 is 50.3 Å². The number of aromatic nitrogens is 3. The van der Waals surface area contributed by atoms with Gasteiger partial charge in [0, 0.05) is 29.9 Å². The fourth-order valence-electron chi connectivity index (χ4n) is 9.76. The first-order valence-electron chi connectivity index (χ1n) is 20.9. The Morgan fingerprint density at radius 3 is 2.31 bits per heavy atom. The third-order valence-corrected chi connectivity index (χ3v) is 17.5. The van der Waals surface area contributed by atoms with E-state index in [0.29, 0.717) is 24.3 Å². The second kappa shape index (κ2) is 17.5. The maximum absolute atomic E-state index is 15.2. The standard InChI is InChI=1S/C46H53N5O10Si/c1-27-42(62(3,4)32-20-18-31(59-2)19-21-32)37(22-23-50-25-35(48-49-50)33(26-52)29-10-6-5-7-11-29)61-46(27)34-12-8-9-13-36(34)51(45(46)58)24-28-14-16-30(17-15-28)47-43(56)41-39(54)38(53)40(55)44(57)60-41/h5-21,25,27,33,37-42,44,52-55,57H,22-24,26H2,1-4H3,(H,47,56)/t27-,33?,37+,38+,39+,40-,41+,42-,44-,46+/m1/s1. The molecule has 2 saturated heterocycles. The maximum atomic E-state index is 15.2. The van der Waals surface area contributed by atoms with Gasteiger partial charge in [-0.25, -0.2) is 0 Å². The topological polar surface area (TPSA) is 209 Å². The van der Waals surface area contributed by atoms with E-state index in [1.807, 2.05) is 72.9 Å². The Morgan fingerprint density at radius 2 is 1.61 bits per heavy atom. The van der Waals surface area contributed by atoms with Crippen molar-refractivity contribution in [1.29, 1.82) is 0 Å². The van der Waals surface area contributed by atoms with Crippen LogP contribution in [0.1, 0.15) is 41.6 Å². The van der Waals surface area contributed by atoms with Gasteiger partial charge in [0.1, 0.15) is 24.1 Å². The van der Waals surface area contributed by atoms with Gasteiger partial charge in [-0.15, -0.1) is 5.10 Å². The highest BCUT2D eigenvalue weighted by Gasteiger charge is 2.66. The third kappa shape index (κ3) is 7.75. The molecule has 10 atom stereocenters. The highest BCUT2D eigenvalue weighted by molar-refractivity contribution is 6.91. The molecule has 1 spiro atoms. The van der Waals surface area contributed by atoms with Crippen LogP contribution in [0.15, 0.2) is 109 Å². The summed E-state index contributed by atoms with van der Waals surface area (Å²) in [6.45, 7) is 7.40. The van der Waals surface area contributed by atoms with Gasteiger partial charge in [0.05, 0.1) is 51.7 Å². The van der Waals surface area contributed by atoms with Crippen molar-refractivity contribution in [3.63, 3.8) is 0 Å². The Hall–Kier alpha value is -5.30. The number of carbonyl (C=O) groups is 2. The number of aryl methyl sites for hydroxylation is 1. The number of fused-ring (bicyclic) bond motifs is 2. The molecule has 3 aliphatic heterocycles. The number of aliphatic hydroxyl groups is 5. The molecular weight excluding hydrogens is 811 g/mol. The molecule has 3 aliphatic rings. The lowest BCUT2D eigenvalue weighted by Crippen LogP contribution is -2.60. The number of anilines is 2. The normalized spacial score (nSPS) is 27.6. The number of ether oxygens (including phenoxy) is 3. The lowest BCUT2D eigenvalue weighted by Gasteiger charge is -2.37. The predicted molar refractivity (Wildman–Crippen MR) is 231 cm³/mol. The minimum absolute atomic E-state index is 0.00889. The van der Waals surface area contributed by atoms with E-state index in [-0.39, 0.29) is 42.5 Å². The van der Waals surface area contributed by atoms with Crippen molar-refractivity contribution in [1.82, 2.24) is 15.0 Å². The zero-order valence-electron chi connectivity index (χ0n) is 35.0. The SMILES string of the molecule is COc1ccc([Si](C)(C)[C@H]2[C@H](CCn3cc(C(CO)c4ccccc4)nn3)O[C@@]3(C(=O)N(Cc4ccc(NC(=O)[C@H]5O[C@@H](O)[C@H](O)[C@@H](O)[C@@H]5O)cc4)c4ccccc43)[C@@H]2C)cc1. The van der Waals surface area contributed by atoms with E-state index in [9.17, 15) is 30.3 Å². The summed E-state index contributed by atoms with van der Waals surface area (Å²) in [7, 11) is -0.778. The number of amides is 2. The average molecular weight is 864 g/mol. The second-order valence-corrected chi connectivity index (χ2v) is 21.7. The summed E-state index contributed by atoms with van der Waals surface area (Å²) >= 11 is 0.